The van der Waals surface area contributed by atoms with Crippen molar-refractivity contribution < 1.29 is 28.8 Å². The number of fused-ring (bicyclic) bond motifs is 2. The Hall–Kier alpha value is -7.04. The topological polar surface area (TPSA) is 186 Å². The second-order valence-corrected chi connectivity index (χ2v) is 17.9. The van der Waals surface area contributed by atoms with E-state index < -0.39 is 29.7 Å². The summed E-state index contributed by atoms with van der Waals surface area (Å²) >= 11 is 12.9. The molecule has 0 spiro atoms. The summed E-state index contributed by atoms with van der Waals surface area (Å²) in [5.74, 6) is -1.69. The number of hydrogen-bond acceptors (Lipinski definition) is 10. The largest absolute Gasteiger partial charge is 0.372 e. The number of piperidine rings is 2. The van der Waals surface area contributed by atoms with Gasteiger partial charge in [0.05, 0.1) is 46.4 Å². The zero-order chi connectivity index (χ0) is 45.6. The van der Waals surface area contributed by atoms with E-state index in [0.717, 1.165) is 64.4 Å². The quantitative estimate of drug-likeness (QED) is 0.130. The van der Waals surface area contributed by atoms with Crippen LogP contribution in [-0.4, -0.2) is 110 Å². The van der Waals surface area contributed by atoms with E-state index in [0.29, 0.717) is 66.3 Å². The first kappa shape index (κ1) is 42.9. The highest BCUT2D eigenvalue weighted by molar-refractivity contribution is 6.36. The molecule has 3 N–H and O–H groups in total. The first-order valence-electron chi connectivity index (χ1n) is 22.0. The van der Waals surface area contributed by atoms with Gasteiger partial charge < -0.3 is 24.6 Å². The van der Waals surface area contributed by atoms with E-state index in [4.69, 9.17) is 23.2 Å². The summed E-state index contributed by atoms with van der Waals surface area (Å²) in [5.41, 5.74) is 6.73. The van der Waals surface area contributed by atoms with E-state index in [9.17, 15) is 28.8 Å². The number of H-pyrrole nitrogens is 1. The number of piperazine rings is 1. The Morgan fingerprint density at radius 2 is 1.53 bits per heavy atom. The highest BCUT2D eigenvalue weighted by Crippen LogP contribution is 2.36. The molecule has 16 nitrogen and oxygen atoms in total. The van der Waals surface area contributed by atoms with Crippen LogP contribution in [0.1, 0.15) is 68.7 Å². The van der Waals surface area contributed by atoms with Gasteiger partial charge in [0.2, 0.25) is 17.7 Å². The van der Waals surface area contributed by atoms with Crippen molar-refractivity contribution >= 4 is 86.9 Å². The van der Waals surface area contributed by atoms with E-state index in [1.807, 2.05) is 62.9 Å². The molecule has 3 saturated heterocycles. The van der Waals surface area contributed by atoms with Crippen molar-refractivity contribution in [3.8, 4) is 11.3 Å². The molecule has 10 rings (SSSR count). The third-order valence-electron chi connectivity index (χ3n) is 13.1. The number of amides is 6. The fourth-order valence-corrected chi connectivity index (χ4v) is 10.00. The van der Waals surface area contributed by atoms with Gasteiger partial charge in [-0.25, -0.2) is 4.98 Å². The highest BCUT2D eigenvalue weighted by Gasteiger charge is 2.46. The third-order valence-corrected chi connectivity index (χ3v) is 13.8. The number of imidazole rings is 1. The van der Waals surface area contributed by atoms with Crippen molar-refractivity contribution in [3.05, 3.63) is 124 Å². The molecule has 0 bridgehead atoms. The molecule has 4 aliphatic heterocycles. The number of carbonyl (C=O) groups is 6. The summed E-state index contributed by atoms with van der Waals surface area (Å²) in [5, 5.41) is 13.7. The van der Waals surface area contributed by atoms with Crippen molar-refractivity contribution in [1.82, 2.24) is 34.9 Å². The Kier molecular flexibility index (Phi) is 11.5. The lowest BCUT2D eigenvalue weighted by atomic mass is 9.92. The van der Waals surface area contributed by atoms with Crippen LogP contribution in [0.5, 0.6) is 0 Å². The minimum atomic E-state index is -1.03. The fourth-order valence-electron chi connectivity index (χ4n) is 9.48. The van der Waals surface area contributed by atoms with Crippen LogP contribution in [0.2, 0.25) is 10.0 Å². The number of benzene rings is 4. The van der Waals surface area contributed by atoms with E-state index >= 15 is 0 Å². The fraction of sp³-hybridized carbons (Fsp3) is 0.292. The molecule has 1 atom stereocenters. The second-order valence-electron chi connectivity index (χ2n) is 17.1. The number of nitrogens with zero attached hydrogens (tertiary/aromatic N) is 7. The van der Waals surface area contributed by atoms with Crippen LogP contribution in [0, 0.1) is 5.92 Å². The molecule has 2 aromatic heterocycles. The van der Waals surface area contributed by atoms with Gasteiger partial charge in [0.1, 0.15) is 6.04 Å². The molecule has 6 amide bonds. The van der Waals surface area contributed by atoms with Gasteiger partial charge in [0.25, 0.3) is 17.7 Å². The minimum Gasteiger partial charge on any atom is -0.372 e. The summed E-state index contributed by atoms with van der Waals surface area (Å²) in [4.78, 5) is 89.7. The number of aromatic nitrogens is 4. The van der Waals surface area contributed by atoms with Crippen LogP contribution in [0.4, 0.5) is 17.2 Å². The van der Waals surface area contributed by atoms with Crippen molar-refractivity contribution in [2.75, 3.05) is 54.4 Å². The lowest BCUT2D eigenvalue weighted by Crippen LogP contribution is -2.54. The second kappa shape index (κ2) is 17.7. The summed E-state index contributed by atoms with van der Waals surface area (Å²) < 4.78 is 1.99. The molecule has 0 aliphatic carbocycles. The predicted molar refractivity (Wildman–Crippen MR) is 249 cm³/mol. The molecular weight excluding hydrogens is 883 g/mol. The maximum absolute atomic E-state index is 13.6. The minimum absolute atomic E-state index is 0.0537. The normalized spacial score (nSPS) is 18.0. The number of nitrogens with one attached hydrogen (secondary N) is 3. The van der Waals surface area contributed by atoms with Gasteiger partial charge in [-0.15, -0.1) is 0 Å². The molecule has 6 heterocycles. The Balaban J connectivity index is 0.694. The monoisotopic (exact) mass is 926 g/mol. The number of rotatable bonds is 10. The highest BCUT2D eigenvalue weighted by atomic mass is 35.5. The van der Waals surface area contributed by atoms with Crippen LogP contribution in [0.3, 0.4) is 0 Å². The van der Waals surface area contributed by atoms with Crippen molar-refractivity contribution in [2.24, 2.45) is 5.92 Å². The predicted octanol–water partition coefficient (Wildman–Crippen LogP) is 6.39. The molecule has 336 valence electrons. The van der Waals surface area contributed by atoms with E-state index in [-0.39, 0.29) is 41.7 Å². The molecule has 18 heteroatoms. The van der Waals surface area contributed by atoms with Gasteiger partial charge in [-0.1, -0.05) is 41.4 Å². The Bertz CT molecular complexity index is 2910. The molecular formula is C48H44Cl2N10O6. The number of aromatic amines is 1. The smallest absolute Gasteiger partial charge is 0.264 e. The average Bonchev–Trinajstić information content (AvgIpc) is 4.03. The summed E-state index contributed by atoms with van der Waals surface area (Å²) in [6.45, 7) is 3.97. The first-order chi connectivity index (χ1) is 32.0. The maximum atomic E-state index is 13.6. The zero-order valence-electron chi connectivity index (χ0n) is 35.6. The van der Waals surface area contributed by atoms with Gasteiger partial charge in [0, 0.05) is 90.6 Å². The number of imide groups is 2. The molecule has 66 heavy (non-hydrogen) atoms. The van der Waals surface area contributed by atoms with Crippen LogP contribution >= 0.6 is 23.2 Å². The molecule has 4 aliphatic rings. The van der Waals surface area contributed by atoms with Crippen LogP contribution in [-0.2, 0) is 20.9 Å². The molecule has 4 aromatic carbocycles. The molecule has 3 fully saturated rings. The molecule has 0 radical (unpaired) electrons. The van der Waals surface area contributed by atoms with Gasteiger partial charge in [0.15, 0.2) is 5.82 Å². The Morgan fingerprint density at radius 1 is 0.788 bits per heavy atom. The van der Waals surface area contributed by atoms with Gasteiger partial charge in [-0.2, -0.15) is 5.10 Å². The first-order valence-corrected chi connectivity index (χ1v) is 22.7. The van der Waals surface area contributed by atoms with Crippen molar-refractivity contribution in [3.63, 3.8) is 0 Å². The standard InChI is InChI=1S/C48H44Cl2N10O6/c49-34-4-2-5-35(50)33(34)26-59-27-51-36-12-9-30(24-40(36)59)37-25-41(55-54-37)52-45(63)29-7-10-31(11-8-29)56-17-15-28(16-18-56)23-43(62)58-21-19-57(20-22-58)38-6-1-3-32-44(38)48(66)60(47(32)65)39-13-14-42(61)53-46(39)64/h1-12,24-25,27-28,39H,13-23,26H2,(H,53,61,64)(H2,52,54,55,63). The number of hydrogen-bond donors (Lipinski definition) is 3. The number of halogens is 2. The number of anilines is 3. The van der Waals surface area contributed by atoms with Crippen molar-refractivity contribution in [1.29, 1.82) is 0 Å². The van der Waals surface area contributed by atoms with Crippen LogP contribution < -0.4 is 20.4 Å². The average molecular weight is 928 g/mol. The summed E-state index contributed by atoms with van der Waals surface area (Å²) in [6.07, 6.45) is 4.07. The van der Waals surface area contributed by atoms with Crippen LogP contribution in [0.25, 0.3) is 22.3 Å². The summed E-state index contributed by atoms with van der Waals surface area (Å²) in [7, 11) is 0. The molecule has 6 aromatic rings. The van der Waals surface area contributed by atoms with Gasteiger partial charge in [-0.05, 0) is 85.8 Å². The van der Waals surface area contributed by atoms with Crippen molar-refractivity contribution in [2.45, 2.75) is 44.7 Å². The SMILES string of the molecule is O=C1CCC(N2C(=O)c3cccc(N4CCN(C(=O)CC5CCN(c6ccc(C(=O)Nc7cc(-c8ccc9ncn(Cc%10c(Cl)cccc%10Cl)c9c8)[nH]n7)cc6)CC5)CC4)c3C2=O)C(=O)N1. The Morgan fingerprint density at radius 3 is 2.27 bits per heavy atom. The molecule has 0 saturated carbocycles. The van der Waals surface area contributed by atoms with Gasteiger partial charge in [-0.3, -0.25) is 44.1 Å². The lowest BCUT2D eigenvalue weighted by molar-refractivity contribution is -0.136. The zero-order valence-corrected chi connectivity index (χ0v) is 37.1. The van der Waals surface area contributed by atoms with Crippen LogP contribution in [0.15, 0.2) is 91.3 Å². The molecule has 1 unspecified atom stereocenters. The maximum Gasteiger partial charge on any atom is 0.264 e. The summed E-state index contributed by atoms with van der Waals surface area (Å²) in [6, 6.07) is 24.7. The lowest BCUT2D eigenvalue weighted by Gasteiger charge is -2.38. The van der Waals surface area contributed by atoms with Gasteiger partial charge >= 0.3 is 0 Å². The van der Waals surface area contributed by atoms with E-state index in [2.05, 4.69) is 30.7 Å². The Labute approximate surface area is 388 Å². The van der Waals surface area contributed by atoms with E-state index in [1.54, 1.807) is 42.7 Å². The van der Waals surface area contributed by atoms with E-state index in [1.165, 1.54) is 0 Å². The third kappa shape index (κ3) is 8.26. The number of carbonyl (C=O) groups excluding carboxylic acids is 6.